The standard InChI is InChI=1S/C19H21FN2O3S2/c1-3-22-9-8-14-15(10-22)27-18(17(14)19(24)25-2)21-16(23)11-26-13-6-4-12(20)5-7-13/h4-7H,3,8-11H2,1-2H3,(H,21,23). The highest BCUT2D eigenvalue weighted by molar-refractivity contribution is 8.00. The van der Waals surface area contributed by atoms with Gasteiger partial charge in [0, 0.05) is 22.9 Å². The quantitative estimate of drug-likeness (QED) is 0.582. The first-order chi connectivity index (χ1) is 13.0. The molecule has 2 aromatic rings. The summed E-state index contributed by atoms with van der Waals surface area (Å²) in [6.45, 7) is 4.72. The summed E-state index contributed by atoms with van der Waals surface area (Å²) in [5, 5.41) is 3.41. The number of carbonyl (C=O) groups excluding carboxylic acids is 2. The molecule has 2 heterocycles. The van der Waals surface area contributed by atoms with Crippen LogP contribution in [0.15, 0.2) is 29.2 Å². The van der Waals surface area contributed by atoms with Gasteiger partial charge in [-0.3, -0.25) is 9.69 Å². The fraction of sp³-hybridized carbons (Fsp3) is 0.368. The topological polar surface area (TPSA) is 58.6 Å². The number of thioether (sulfide) groups is 1. The Balaban J connectivity index is 1.73. The molecule has 0 fully saturated rings. The van der Waals surface area contributed by atoms with Crippen molar-refractivity contribution in [2.75, 3.05) is 31.3 Å². The van der Waals surface area contributed by atoms with Gasteiger partial charge in [0.15, 0.2) is 0 Å². The van der Waals surface area contributed by atoms with Crippen molar-refractivity contribution >= 4 is 40.0 Å². The fourth-order valence-electron chi connectivity index (χ4n) is 2.97. The predicted octanol–water partition coefficient (Wildman–Crippen LogP) is 3.78. The molecule has 1 aliphatic rings. The molecular formula is C19H21FN2O3S2. The number of anilines is 1. The maximum absolute atomic E-state index is 13.0. The molecule has 1 aliphatic heterocycles. The molecule has 0 saturated carbocycles. The zero-order chi connectivity index (χ0) is 19.4. The van der Waals surface area contributed by atoms with E-state index in [1.54, 1.807) is 12.1 Å². The van der Waals surface area contributed by atoms with Gasteiger partial charge in [0.2, 0.25) is 5.91 Å². The van der Waals surface area contributed by atoms with Crippen molar-refractivity contribution in [2.45, 2.75) is 24.8 Å². The molecule has 27 heavy (non-hydrogen) atoms. The summed E-state index contributed by atoms with van der Waals surface area (Å²) < 4.78 is 17.9. The summed E-state index contributed by atoms with van der Waals surface area (Å²) in [5.41, 5.74) is 1.46. The second-order valence-electron chi connectivity index (χ2n) is 6.11. The third-order valence-electron chi connectivity index (χ3n) is 4.41. The van der Waals surface area contributed by atoms with Gasteiger partial charge in [-0.25, -0.2) is 9.18 Å². The highest BCUT2D eigenvalue weighted by Crippen LogP contribution is 2.37. The molecular weight excluding hydrogens is 387 g/mol. The molecule has 0 unspecified atom stereocenters. The number of thiophene rings is 1. The SMILES string of the molecule is CCN1CCc2c(sc(NC(=O)CSc3ccc(F)cc3)c2C(=O)OC)C1. The van der Waals surface area contributed by atoms with Crippen LogP contribution in [0.25, 0.3) is 0 Å². The average molecular weight is 409 g/mol. The number of halogens is 1. The highest BCUT2D eigenvalue weighted by Gasteiger charge is 2.28. The van der Waals surface area contributed by atoms with E-state index < -0.39 is 5.97 Å². The first-order valence-electron chi connectivity index (χ1n) is 8.65. The molecule has 8 heteroatoms. The summed E-state index contributed by atoms with van der Waals surface area (Å²) in [5.74, 6) is -0.758. The molecule has 1 amide bonds. The number of likely N-dealkylation sites (N-methyl/N-ethyl adjacent to an activating group) is 1. The van der Waals surface area contributed by atoms with Crippen LogP contribution in [0.2, 0.25) is 0 Å². The smallest absolute Gasteiger partial charge is 0.341 e. The summed E-state index contributed by atoms with van der Waals surface area (Å²) in [7, 11) is 1.35. The van der Waals surface area contributed by atoms with Crippen LogP contribution in [-0.4, -0.2) is 42.7 Å². The first-order valence-corrected chi connectivity index (χ1v) is 10.5. The van der Waals surface area contributed by atoms with Crippen molar-refractivity contribution in [3.63, 3.8) is 0 Å². The van der Waals surface area contributed by atoms with E-state index in [-0.39, 0.29) is 17.5 Å². The number of rotatable bonds is 6. The fourth-order valence-corrected chi connectivity index (χ4v) is 4.97. The van der Waals surface area contributed by atoms with Gasteiger partial charge in [0.05, 0.1) is 18.4 Å². The van der Waals surface area contributed by atoms with E-state index in [9.17, 15) is 14.0 Å². The maximum atomic E-state index is 13.0. The van der Waals surface area contributed by atoms with Crippen LogP contribution >= 0.6 is 23.1 Å². The predicted molar refractivity (Wildman–Crippen MR) is 106 cm³/mol. The lowest BCUT2D eigenvalue weighted by atomic mass is 10.0. The third-order valence-corrected chi connectivity index (χ3v) is 6.55. The minimum atomic E-state index is -0.418. The van der Waals surface area contributed by atoms with Crippen LogP contribution in [0, 0.1) is 5.82 Å². The van der Waals surface area contributed by atoms with Crippen molar-refractivity contribution in [1.29, 1.82) is 0 Å². The minimum absolute atomic E-state index is 0.176. The van der Waals surface area contributed by atoms with Gasteiger partial charge in [-0.2, -0.15) is 0 Å². The monoisotopic (exact) mass is 408 g/mol. The Morgan fingerprint density at radius 1 is 1.33 bits per heavy atom. The molecule has 3 rings (SSSR count). The Bertz CT molecular complexity index is 836. The van der Waals surface area contributed by atoms with Gasteiger partial charge in [0.1, 0.15) is 10.8 Å². The number of ether oxygens (including phenoxy) is 1. The second kappa shape index (κ2) is 8.86. The van der Waals surface area contributed by atoms with Crippen molar-refractivity contribution in [3.8, 4) is 0 Å². The Labute approximate surface area is 165 Å². The number of nitrogens with one attached hydrogen (secondary N) is 1. The lowest BCUT2D eigenvalue weighted by molar-refractivity contribution is -0.113. The highest BCUT2D eigenvalue weighted by atomic mass is 32.2. The van der Waals surface area contributed by atoms with Gasteiger partial charge >= 0.3 is 5.97 Å². The van der Waals surface area contributed by atoms with Gasteiger partial charge < -0.3 is 10.1 Å². The minimum Gasteiger partial charge on any atom is -0.465 e. The van der Waals surface area contributed by atoms with Gasteiger partial charge in [0.25, 0.3) is 0 Å². The van der Waals surface area contributed by atoms with E-state index in [1.165, 1.54) is 42.3 Å². The van der Waals surface area contributed by atoms with Crippen LogP contribution < -0.4 is 5.32 Å². The van der Waals surface area contributed by atoms with E-state index in [0.29, 0.717) is 10.6 Å². The molecule has 5 nitrogen and oxygen atoms in total. The third kappa shape index (κ3) is 4.69. The zero-order valence-electron chi connectivity index (χ0n) is 15.2. The van der Waals surface area contributed by atoms with E-state index in [1.807, 2.05) is 0 Å². The molecule has 1 aromatic heterocycles. The van der Waals surface area contributed by atoms with Crippen molar-refractivity contribution < 1.29 is 18.7 Å². The number of amides is 1. The number of methoxy groups -OCH3 is 1. The number of esters is 1. The molecule has 144 valence electrons. The number of hydrogen-bond donors (Lipinski definition) is 1. The molecule has 0 atom stereocenters. The summed E-state index contributed by atoms with van der Waals surface area (Å²) in [4.78, 5) is 28.9. The average Bonchev–Trinajstić information content (AvgIpc) is 3.03. The van der Waals surface area contributed by atoms with Crippen LogP contribution in [0.5, 0.6) is 0 Å². The van der Waals surface area contributed by atoms with Crippen molar-refractivity contribution in [2.24, 2.45) is 0 Å². The number of hydrogen-bond acceptors (Lipinski definition) is 6. The number of benzene rings is 1. The normalized spacial score (nSPS) is 13.9. The number of carbonyl (C=O) groups is 2. The van der Waals surface area contributed by atoms with Crippen LogP contribution in [-0.2, 0) is 22.5 Å². The summed E-state index contributed by atoms with van der Waals surface area (Å²) >= 11 is 2.76. The van der Waals surface area contributed by atoms with Crippen molar-refractivity contribution in [3.05, 3.63) is 46.1 Å². The molecule has 1 N–H and O–H groups in total. The van der Waals surface area contributed by atoms with E-state index in [2.05, 4.69) is 17.1 Å². The largest absolute Gasteiger partial charge is 0.465 e. The van der Waals surface area contributed by atoms with Crippen molar-refractivity contribution in [1.82, 2.24) is 4.90 Å². The van der Waals surface area contributed by atoms with Gasteiger partial charge in [-0.1, -0.05) is 6.92 Å². The van der Waals surface area contributed by atoms with Crippen LogP contribution in [0.3, 0.4) is 0 Å². The lowest BCUT2D eigenvalue weighted by Crippen LogP contribution is -2.30. The molecule has 0 spiro atoms. The lowest BCUT2D eigenvalue weighted by Gasteiger charge is -2.25. The second-order valence-corrected chi connectivity index (χ2v) is 8.26. The summed E-state index contributed by atoms with van der Waals surface area (Å²) in [6, 6.07) is 6.00. The maximum Gasteiger partial charge on any atom is 0.341 e. The van der Waals surface area contributed by atoms with Gasteiger partial charge in [-0.05, 0) is 42.8 Å². The molecule has 1 aromatic carbocycles. The van der Waals surface area contributed by atoms with E-state index >= 15 is 0 Å². The summed E-state index contributed by atoms with van der Waals surface area (Å²) in [6.07, 6.45) is 0.768. The Kier molecular flexibility index (Phi) is 6.51. The van der Waals surface area contributed by atoms with Gasteiger partial charge in [-0.15, -0.1) is 23.1 Å². The number of fused-ring (bicyclic) bond motifs is 1. The Hall–Kier alpha value is -1.90. The molecule has 0 saturated heterocycles. The Morgan fingerprint density at radius 3 is 2.74 bits per heavy atom. The first kappa shape index (κ1) is 19.9. The molecule has 0 aliphatic carbocycles. The number of nitrogens with zero attached hydrogens (tertiary/aromatic N) is 1. The van der Waals surface area contributed by atoms with Crippen LogP contribution in [0.1, 0.15) is 27.7 Å². The van der Waals surface area contributed by atoms with E-state index in [4.69, 9.17) is 4.74 Å². The molecule has 0 bridgehead atoms. The Morgan fingerprint density at radius 2 is 2.07 bits per heavy atom. The molecule has 0 radical (unpaired) electrons. The zero-order valence-corrected chi connectivity index (χ0v) is 16.8. The van der Waals surface area contributed by atoms with Crippen LogP contribution in [0.4, 0.5) is 9.39 Å². The van der Waals surface area contributed by atoms with E-state index in [0.717, 1.165) is 41.4 Å².